The molecule has 2 fully saturated rings. The molecule has 6 heteroatoms. The standard InChI is InChI=1S/C14H24N2O3S/c1-20-12-7-3-2-6-11(12)15-14(19)16-8-4-5-10(9-16)13(17)18/h10-12H,2-9H2,1H3,(H,15,19)(H,17,18). The van der Waals surface area contributed by atoms with Gasteiger partial charge in [0.1, 0.15) is 0 Å². The molecule has 0 spiro atoms. The summed E-state index contributed by atoms with van der Waals surface area (Å²) in [5.41, 5.74) is 0. The Bertz CT molecular complexity index is 364. The van der Waals surface area contributed by atoms with Gasteiger partial charge in [-0.25, -0.2) is 4.79 Å². The van der Waals surface area contributed by atoms with E-state index in [1.54, 1.807) is 4.90 Å². The summed E-state index contributed by atoms with van der Waals surface area (Å²) < 4.78 is 0. The summed E-state index contributed by atoms with van der Waals surface area (Å²) in [5.74, 6) is -1.20. The highest BCUT2D eigenvalue weighted by Gasteiger charge is 2.31. The summed E-state index contributed by atoms with van der Waals surface area (Å²) in [6.45, 7) is 1.02. The van der Waals surface area contributed by atoms with Gasteiger partial charge in [-0.15, -0.1) is 0 Å². The Kier molecular flexibility index (Phi) is 5.57. The Balaban J connectivity index is 1.88. The minimum atomic E-state index is -0.790. The van der Waals surface area contributed by atoms with E-state index in [9.17, 15) is 9.59 Å². The average Bonchev–Trinajstić information content (AvgIpc) is 2.48. The van der Waals surface area contributed by atoms with Gasteiger partial charge in [-0.1, -0.05) is 12.8 Å². The van der Waals surface area contributed by atoms with Gasteiger partial charge in [0.2, 0.25) is 0 Å². The van der Waals surface area contributed by atoms with Crippen molar-refractivity contribution in [2.75, 3.05) is 19.3 Å². The van der Waals surface area contributed by atoms with E-state index in [1.165, 1.54) is 12.8 Å². The number of likely N-dealkylation sites (tertiary alicyclic amines) is 1. The fraction of sp³-hybridized carbons (Fsp3) is 0.857. The number of nitrogens with one attached hydrogen (secondary N) is 1. The molecule has 3 unspecified atom stereocenters. The molecular formula is C14H24N2O3S. The topological polar surface area (TPSA) is 69.6 Å². The number of amides is 2. The summed E-state index contributed by atoms with van der Waals surface area (Å²) >= 11 is 1.82. The lowest BCUT2D eigenvalue weighted by Gasteiger charge is -2.35. The number of urea groups is 1. The van der Waals surface area contributed by atoms with E-state index in [0.717, 1.165) is 19.3 Å². The number of thioether (sulfide) groups is 1. The van der Waals surface area contributed by atoms with Crippen LogP contribution in [0.15, 0.2) is 0 Å². The van der Waals surface area contributed by atoms with E-state index in [-0.39, 0.29) is 12.1 Å². The Hall–Kier alpha value is -0.910. The Labute approximate surface area is 124 Å². The first-order chi connectivity index (χ1) is 9.61. The van der Waals surface area contributed by atoms with Crippen LogP contribution in [0.4, 0.5) is 4.79 Å². The fourth-order valence-corrected chi connectivity index (χ4v) is 4.09. The average molecular weight is 300 g/mol. The molecule has 5 nitrogen and oxygen atoms in total. The van der Waals surface area contributed by atoms with Gasteiger partial charge in [-0.05, 0) is 31.9 Å². The maximum Gasteiger partial charge on any atom is 0.317 e. The van der Waals surface area contributed by atoms with Crippen molar-refractivity contribution >= 4 is 23.8 Å². The number of aliphatic carboxylic acids is 1. The van der Waals surface area contributed by atoms with Gasteiger partial charge >= 0.3 is 12.0 Å². The van der Waals surface area contributed by atoms with Crippen LogP contribution in [0.25, 0.3) is 0 Å². The zero-order valence-corrected chi connectivity index (χ0v) is 12.8. The quantitative estimate of drug-likeness (QED) is 0.838. The first kappa shape index (κ1) is 15.5. The maximum atomic E-state index is 12.3. The van der Waals surface area contributed by atoms with E-state index < -0.39 is 11.9 Å². The maximum absolute atomic E-state index is 12.3. The first-order valence-corrected chi connectivity index (χ1v) is 8.71. The molecule has 1 heterocycles. The highest BCUT2D eigenvalue weighted by molar-refractivity contribution is 7.99. The van der Waals surface area contributed by atoms with Crippen LogP contribution in [0.2, 0.25) is 0 Å². The van der Waals surface area contributed by atoms with Crippen molar-refractivity contribution in [2.45, 2.75) is 49.8 Å². The second-order valence-electron chi connectivity index (χ2n) is 5.74. The van der Waals surface area contributed by atoms with E-state index in [1.807, 2.05) is 11.8 Å². The molecule has 3 atom stereocenters. The molecule has 0 radical (unpaired) electrons. The molecule has 2 aliphatic rings. The molecule has 1 aliphatic heterocycles. The number of hydrogen-bond donors (Lipinski definition) is 2. The van der Waals surface area contributed by atoms with Gasteiger partial charge in [0.25, 0.3) is 0 Å². The minimum Gasteiger partial charge on any atom is -0.481 e. The van der Waals surface area contributed by atoms with Gasteiger partial charge in [0.15, 0.2) is 0 Å². The van der Waals surface area contributed by atoms with Crippen LogP contribution < -0.4 is 5.32 Å². The van der Waals surface area contributed by atoms with E-state index in [4.69, 9.17) is 5.11 Å². The molecule has 0 aromatic rings. The third kappa shape index (κ3) is 3.81. The van der Waals surface area contributed by atoms with Gasteiger partial charge < -0.3 is 15.3 Å². The van der Waals surface area contributed by atoms with Gasteiger partial charge in [0, 0.05) is 24.4 Å². The van der Waals surface area contributed by atoms with Crippen molar-refractivity contribution in [2.24, 2.45) is 5.92 Å². The summed E-state index contributed by atoms with van der Waals surface area (Å²) in [5, 5.41) is 12.7. The highest BCUT2D eigenvalue weighted by Crippen LogP contribution is 2.27. The molecule has 2 amide bonds. The minimum absolute atomic E-state index is 0.0816. The van der Waals surface area contributed by atoms with Crippen LogP contribution >= 0.6 is 11.8 Å². The van der Waals surface area contributed by atoms with Gasteiger partial charge in [-0.3, -0.25) is 4.79 Å². The summed E-state index contributed by atoms with van der Waals surface area (Å²) in [6.07, 6.45) is 8.15. The summed E-state index contributed by atoms with van der Waals surface area (Å²) in [6, 6.07) is 0.151. The van der Waals surface area contributed by atoms with Gasteiger partial charge in [0.05, 0.1) is 5.92 Å². The van der Waals surface area contributed by atoms with Crippen molar-refractivity contribution in [1.29, 1.82) is 0 Å². The zero-order chi connectivity index (χ0) is 14.5. The van der Waals surface area contributed by atoms with Crippen molar-refractivity contribution in [3.63, 3.8) is 0 Å². The molecular weight excluding hydrogens is 276 g/mol. The van der Waals surface area contributed by atoms with Crippen LogP contribution in [0.1, 0.15) is 38.5 Å². The second kappa shape index (κ2) is 7.20. The summed E-state index contributed by atoms with van der Waals surface area (Å²) in [7, 11) is 0. The lowest BCUT2D eigenvalue weighted by Crippen LogP contribution is -2.52. The third-order valence-electron chi connectivity index (χ3n) is 4.37. The first-order valence-electron chi connectivity index (χ1n) is 7.43. The molecule has 2 N–H and O–H groups in total. The van der Waals surface area contributed by atoms with Crippen LogP contribution in [-0.4, -0.2) is 52.6 Å². The molecule has 1 saturated heterocycles. The number of piperidine rings is 1. The molecule has 2 rings (SSSR count). The molecule has 0 bridgehead atoms. The number of carbonyl (C=O) groups is 2. The second-order valence-corrected chi connectivity index (χ2v) is 6.81. The van der Waals surface area contributed by atoms with Crippen LogP contribution in [0.5, 0.6) is 0 Å². The van der Waals surface area contributed by atoms with Gasteiger partial charge in [-0.2, -0.15) is 11.8 Å². The highest BCUT2D eigenvalue weighted by atomic mass is 32.2. The normalized spacial score (nSPS) is 30.9. The molecule has 1 aliphatic carbocycles. The zero-order valence-electron chi connectivity index (χ0n) is 12.0. The Morgan fingerprint density at radius 2 is 1.95 bits per heavy atom. The predicted molar refractivity (Wildman–Crippen MR) is 80.0 cm³/mol. The van der Waals surface area contributed by atoms with Crippen molar-refractivity contribution in [1.82, 2.24) is 10.2 Å². The molecule has 0 aromatic carbocycles. The van der Waals surface area contributed by atoms with Crippen LogP contribution in [0, 0.1) is 5.92 Å². The largest absolute Gasteiger partial charge is 0.481 e. The third-order valence-corrected chi connectivity index (χ3v) is 5.54. The monoisotopic (exact) mass is 300 g/mol. The smallest absolute Gasteiger partial charge is 0.317 e. The lowest BCUT2D eigenvalue weighted by molar-refractivity contribution is -0.143. The Morgan fingerprint density at radius 3 is 2.65 bits per heavy atom. The molecule has 20 heavy (non-hydrogen) atoms. The molecule has 1 saturated carbocycles. The van der Waals surface area contributed by atoms with Crippen molar-refractivity contribution < 1.29 is 14.7 Å². The van der Waals surface area contributed by atoms with E-state index >= 15 is 0 Å². The van der Waals surface area contributed by atoms with Crippen LogP contribution in [0.3, 0.4) is 0 Å². The van der Waals surface area contributed by atoms with E-state index in [2.05, 4.69) is 11.6 Å². The number of nitrogens with zero attached hydrogens (tertiary/aromatic N) is 1. The summed E-state index contributed by atoms with van der Waals surface area (Å²) in [4.78, 5) is 25.0. The SMILES string of the molecule is CSC1CCCCC1NC(=O)N1CCCC(C(=O)O)C1. The van der Waals surface area contributed by atoms with Crippen molar-refractivity contribution in [3.05, 3.63) is 0 Å². The lowest BCUT2D eigenvalue weighted by atomic mass is 9.94. The number of hydrogen-bond acceptors (Lipinski definition) is 3. The van der Waals surface area contributed by atoms with E-state index in [0.29, 0.717) is 24.8 Å². The fourth-order valence-electron chi connectivity index (χ4n) is 3.16. The van der Waals surface area contributed by atoms with Crippen LogP contribution in [-0.2, 0) is 4.79 Å². The number of carboxylic acids is 1. The molecule has 114 valence electrons. The number of rotatable bonds is 3. The number of carboxylic acid groups (broad SMARTS) is 1. The van der Waals surface area contributed by atoms with Crippen molar-refractivity contribution in [3.8, 4) is 0 Å². The number of carbonyl (C=O) groups excluding carboxylic acids is 1. The Morgan fingerprint density at radius 1 is 1.20 bits per heavy atom. The molecule has 0 aromatic heterocycles. The predicted octanol–water partition coefficient (Wildman–Crippen LogP) is 2.17.